The second-order valence-corrected chi connectivity index (χ2v) is 11.5. The van der Waals surface area contributed by atoms with Crippen molar-refractivity contribution in [3.8, 4) is 17.1 Å². The van der Waals surface area contributed by atoms with Crippen LogP contribution in [0.2, 0.25) is 0 Å². The van der Waals surface area contributed by atoms with Gasteiger partial charge in [0.05, 0.1) is 23.4 Å². The first kappa shape index (κ1) is 24.1. The van der Waals surface area contributed by atoms with Gasteiger partial charge in [0, 0.05) is 21.7 Å². The molecule has 0 N–H and O–H groups in total. The van der Waals surface area contributed by atoms with Crippen molar-refractivity contribution in [2.45, 2.75) is 18.9 Å². The number of ether oxygens (including phenoxy) is 1. The quantitative estimate of drug-likeness (QED) is 0.243. The summed E-state index contributed by atoms with van der Waals surface area (Å²) in [6, 6.07) is 28.0. The van der Waals surface area contributed by atoms with E-state index in [0.29, 0.717) is 15.1 Å². The number of halogens is 1. The van der Waals surface area contributed by atoms with Gasteiger partial charge < -0.3 is 9.15 Å². The summed E-state index contributed by atoms with van der Waals surface area (Å²) in [7, 11) is 1.66. The lowest BCUT2D eigenvalue weighted by Gasteiger charge is -2.31. The van der Waals surface area contributed by atoms with Gasteiger partial charge in [-0.1, -0.05) is 75.8 Å². The monoisotopic (exact) mass is 594 g/mol. The highest BCUT2D eigenvalue weighted by Gasteiger charge is 2.32. The van der Waals surface area contributed by atoms with E-state index >= 15 is 0 Å². The molecule has 0 unspecified atom stereocenters. The van der Waals surface area contributed by atoms with Crippen LogP contribution in [-0.2, 0) is 6.42 Å². The average Bonchev–Trinajstić information content (AvgIpc) is 3.56. The van der Waals surface area contributed by atoms with Crippen LogP contribution in [-0.4, -0.2) is 11.7 Å². The van der Waals surface area contributed by atoms with E-state index < -0.39 is 0 Å². The highest BCUT2D eigenvalue weighted by atomic mass is 79.9. The number of allylic oxidation sites excluding steroid dienone is 1. The Balaban J connectivity index is 1.40. The van der Waals surface area contributed by atoms with E-state index in [9.17, 15) is 4.79 Å². The standard InChI is InChI=1S/C32H23BrN2O3S/c1-37-23-7-4-6-21(17-23)30-26-15-11-19-5-2-3-8-25(19)29(26)34-32-35(30)31(36)28(39-32)18-24-14-16-27(38-24)20-9-12-22(33)13-10-20/h2-10,12-14,16-18,30H,11,15H2,1H3/b28-18+/t30-/m0/s1. The lowest BCUT2D eigenvalue weighted by molar-refractivity contribution is 0.413. The summed E-state index contributed by atoms with van der Waals surface area (Å²) in [6.45, 7) is 0. The van der Waals surface area contributed by atoms with E-state index in [1.807, 2.05) is 65.2 Å². The molecule has 0 saturated carbocycles. The summed E-state index contributed by atoms with van der Waals surface area (Å²) in [6.07, 6.45) is 3.59. The number of benzene rings is 3. The van der Waals surface area contributed by atoms with Crippen LogP contribution in [0.3, 0.4) is 0 Å². The van der Waals surface area contributed by atoms with Crippen LogP contribution in [0.4, 0.5) is 0 Å². The van der Waals surface area contributed by atoms with Crippen molar-refractivity contribution >= 4 is 39.0 Å². The molecule has 0 spiro atoms. The highest BCUT2D eigenvalue weighted by Crippen LogP contribution is 2.41. The first-order valence-corrected chi connectivity index (χ1v) is 14.3. The molecule has 5 nitrogen and oxygen atoms in total. The third-order valence-corrected chi connectivity index (χ3v) is 8.82. The zero-order valence-electron chi connectivity index (χ0n) is 21.1. The molecule has 0 bridgehead atoms. The van der Waals surface area contributed by atoms with E-state index in [0.717, 1.165) is 56.8 Å². The minimum Gasteiger partial charge on any atom is -0.497 e. The molecule has 7 heteroatoms. The van der Waals surface area contributed by atoms with Crippen LogP contribution < -0.4 is 19.6 Å². The molecule has 5 aromatic rings. The average molecular weight is 596 g/mol. The Morgan fingerprint density at radius 3 is 2.72 bits per heavy atom. The number of methoxy groups -OCH3 is 1. The summed E-state index contributed by atoms with van der Waals surface area (Å²) >= 11 is 4.87. The first-order chi connectivity index (χ1) is 19.1. The number of aryl methyl sites for hydroxylation is 1. The fourth-order valence-corrected chi connectivity index (χ4v) is 6.71. The molecular formula is C32H23BrN2O3S. The van der Waals surface area contributed by atoms with Crippen molar-refractivity contribution < 1.29 is 9.15 Å². The summed E-state index contributed by atoms with van der Waals surface area (Å²) in [5.41, 5.74) is 6.50. The number of fused-ring (bicyclic) bond motifs is 3. The van der Waals surface area contributed by atoms with Gasteiger partial charge in [-0.3, -0.25) is 9.36 Å². The lowest BCUT2D eigenvalue weighted by atomic mass is 9.83. The van der Waals surface area contributed by atoms with E-state index in [-0.39, 0.29) is 11.6 Å². The predicted molar refractivity (Wildman–Crippen MR) is 158 cm³/mol. The van der Waals surface area contributed by atoms with Crippen molar-refractivity contribution in [3.63, 3.8) is 0 Å². The normalized spacial score (nSPS) is 16.4. The van der Waals surface area contributed by atoms with E-state index in [4.69, 9.17) is 14.1 Å². The smallest absolute Gasteiger partial charge is 0.271 e. The molecule has 1 aliphatic carbocycles. The number of hydrogen-bond donors (Lipinski definition) is 0. The molecule has 0 amide bonds. The maximum atomic E-state index is 14.0. The van der Waals surface area contributed by atoms with Crippen LogP contribution in [0.25, 0.3) is 23.1 Å². The molecule has 0 fully saturated rings. The Bertz CT molecular complexity index is 1950. The largest absolute Gasteiger partial charge is 0.497 e. The molecule has 3 aromatic carbocycles. The SMILES string of the molecule is COc1cccc([C@H]2C3=C(N=c4s/c(=C/c5ccc(-c6ccc(Br)cc6)o5)c(=O)n42)c2ccccc2CC3)c1. The fourth-order valence-electron chi connectivity index (χ4n) is 5.46. The molecule has 39 heavy (non-hydrogen) atoms. The third kappa shape index (κ3) is 4.22. The summed E-state index contributed by atoms with van der Waals surface area (Å²) < 4.78 is 15.1. The number of nitrogens with zero attached hydrogens (tertiary/aromatic N) is 2. The first-order valence-electron chi connectivity index (χ1n) is 12.7. The number of aromatic nitrogens is 1. The maximum Gasteiger partial charge on any atom is 0.271 e. The van der Waals surface area contributed by atoms with Gasteiger partial charge in [-0.15, -0.1) is 0 Å². The summed E-state index contributed by atoms with van der Waals surface area (Å²) in [5.74, 6) is 2.15. The zero-order valence-corrected chi connectivity index (χ0v) is 23.5. The molecule has 7 rings (SSSR count). The molecule has 2 aromatic heterocycles. The van der Waals surface area contributed by atoms with Gasteiger partial charge in [0.2, 0.25) is 0 Å². The van der Waals surface area contributed by atoms with Crippen molar-refractivity contribution in [1.29, 1.82) is 0 Å². The highest BCUT2D eigenvalue weighted by molar-refractivity contribution is 9.10. The van der Waals surface area contributed by atoms with Crippen molar-refractivity contribution in [2.75, 3.05) is 7.11 Å². The van der Waals surface area contributed by atoms with Crippen LogP contribution >= 0.6 is 27.3 Å². The van der Waals surface area contributed by atoms with Crippen molar-refractivity contribution in [2.24, 2.45) is 4.99 Å². The van der Waals surface area contributed by atoms with E-state index in [2.05, 4.69) is 46.3 Å². The zero-order chi connectivity index (χ0) is 26.5. The second-order valence-electron chi connectivity index (χ2n) is 9.60. The van der Waals surface area contributed by atoms with Gasteiger partial charge in [-0.2, -0.15) is 0 Å². The Morgan fingerprint density at radius 2 is 1.87 bits per heavy atom. The fraction of sp³-hybridized carbons (Fsp3) is 0.125. The molecule has 192 valence electrons. The van der Waals surface area contributed by atoms with E-state index in [1.54, 1.807) is 7.11 Å². The summed E-state index contributed by atoms with van der Waals surface area (Å²) in [4.78, 5) is 19.7. The molecular weight excluding hydrogens is 572 g/mol. The Hall–Kier alpha value is -3.94. The summed E-state index contributed by atoms with van der Waals surface area (Å²) in [5, 5.41) is 0. The number of hydrogen-bond acceptors (Lipinski definition) is 5. The van der Waals surface area contributed by atoms with Crippen molar-refractivity contribution in [3.05, 3.63) is 137 Å². The van der Waals surface area contributed by atoms with Gasteiger partial charge >= 0.3 is 0 Å². The topological polar surface area (TPSA) is 56.7 Å². The molecule has 0 saturated heterocycles. The number of rotatable bonds is 4. The molecule has 3 heterocycles. The Kier molecular flexibility index (Phi) is 5.98. The van der Waals surface area contributed by atoms with Crippen molar-refractivity contribution in [1.82, 2.24) is 4.57 Å². The predicted octanol–water partition coefficient (Wildman–Crippen LogP) is 6.35. The second kappa shape index (κ2) is 9.67. The van der Waals surface area contributed by atoms with Crippen LogP contribution in [0, 0.1) is 0 Å². The molecule has 1 atom stereocenters. The lowest BCUT2D eigenvalue weighted by Crippen LogP contribution is -2.38. The molecule has 1 aliphatic heterocycles. The van der Waals surface area contributed by atoms with E-state index in [1.165, 1.54) is 16.9 Å². The van der Waals surface area contributed by atoms with Gasteiger partial charge in [0.1, 0.15) is 17.3 Å². The Morgan fingerprint density at radius 1 is 1.03 bits per heavy atom. The van der Waals surface area contributed by atoms with Gasteiger partial charge in [0.15, 0.2) is 4.80 Å². The third-order valence-electron chi connectivity index (χ3n) is 7.31. The van der Waals surface area contributed by atoms with Crippen LogP contribution in [0.1, 0.15) is 34.9 Å². The minimum atomic E-state index is -0.253. The minimum absolute atomic E-state index is 0.0708. The van der Waals surface area contributed by atoms with Crippen LogP contribution in [0.15, 0.2) is 109 Å². The number of furan rings is 1. The number of thiazole rings is 1. The van der Waals surface area contributed by atoms with Crippen LogP contribution in [0.5, 0.6) is 5.75 Å². The van der Waals surface area contributed by atoms with Gasteiger partial charge in [0.25, 0.3) is 5.56 Å². The van der Waals surface area contributed by atoms with Gasteiger partial charge in [-0.05, 0) is 65.9 Å². The molecule has 0 radical (unpaired) electrons. The molecule has 2 aliphatic rings. The Labute approximate surface area is 237 Å². The maximum absolute atomic E-state index is 14.0. The van der Waals surface area contributed by atoms with Gasteiger partial charge in [-0.25, -0.2) is 4.99 Å².